The molecular formula is C21H27N3O4S. The summed E-state index contributed by atoms with van der Waals surface area (Å²) in [5.41, 5.74) is 1.91. The molecule has 0 aromatic heterocycles. The summed E-state index contributed by atoms with van der Waals surface area (Å²) in [7, 11) is -1.94. The number of benzene rings is 2. The Hall–Kier alpha value is -2.42. The van der Waals surface area contributed by atoms with Gasteiger partial charge in [0.2, 0.25) is 10.0 Å². The number of amides is 1. The molecule has 7 nitrogen and oxygen atoms in total. The minimum absolute atomic E-state index is 0.237. The number of rotatable bonds is 6. The van der Waals surface area contributed by atoms with Gasteiger partial charge in [-0.1, -0.05) is 6.92 Å². The van der Waals surface area contributed by atoms with Crippen molar-refractivity contribution in [2.24, 2.45) is 0 Å². The third-order valence-electron chi connectivity index (χ3n) is 5.19. The van der Waals surface area contributed by atoms with Crippen molar-refractivity contribution in [3.05, 3.63) is 53.6 Å². The smallest absolute Gasteiger partial charge is 0.255 e. The molecule has 0 unspecified atom stereocenters. The zero-order valence-electron chi connectivity index (χ0n) is 17.0. The summed E-state index contributed by atoms with van der Waals surface area (Å²) in [4.78, 5) is 14.9. The number of carbonyl (C=O) groups excluding carboxylic acids is 1. The molecule has 0 atom stereocenters. The van der Waals surface area contributed by atoms with Crippen LogP contribution in [0.2, 0.25) is 0 Å². The molecule has 2 aromatic carbocycles. The Labute approximate surface area is 172 Å². The first kappa shape index (κ1) is 21.3. The van der Waals surface area contributed by atoms with Crippen molar-refractivity contribution in [1.82, 2.24) is 9.21 Å². The lowest BCUT2D eigenvalue weighted by atomic mass is 10.1. The molecule has 1 heterocycles. The van der Waals surface area contributed by atoms with E-state index in [1.54, 1.807) is 37.4 Å². The monoisotopic (exact) mass is 417 g/mol. The number of methoxy groups -OCH3 is 1. The molecule has 0 bridgehead atoms. The molecule has 1 fully saturated rings. The first-order chi connectivity index (χ1) is 13.8. The average Bonchev–Trinajstić information content (AvgIpc) is 2.74. The van der Waals surface area contributed by atoms with Crippen molar-refractivity contribution in [2.75, 3.05) is 45.2 Å². The lowest BCUT2D eigenvalue weighted by Gasteiger charge is -2.33. The van der Waals surface area contributed by atoms with Gasteiger partial charge in [-0.25, -0.2) is 8.42 Å². The Morgan fingerprint density at radius 3 is 2.28 bits per heavy atom. The van der Waals surface area contributed by atoms with Gasteiger partial charge >= 0.3 is 0 Å². The van der Waals surface area contributed by atoms with E-state index in [1.807, 2.05) is 6.92 Å². The predicted octanol–water partition coefficient (Wildman–Crippen LogP) is 2.58. The standard InChI is InChI=1S/C21H27N3O4S/c1-4-23-11-13-24(14-12-23)29(26,27)19-8-6-18(7-9-19)22-21(25)17-5-10-20(28-3)16(2)15-17/h5-10,15H,4,11-14H2,1-3H3,(H,22,25). The van der Waals surface area contributed by atoms with Crippen LogP contribution in [0.15, 0.2) is 47.4 Å². The van der Waals surface area contributed by atoms with Crippen molar-refractivity contribution in [3.8, 4) is 5.75 Å². The van der Waals surface area contributed by atoms with E-state index in [-0.39, 0.29) is 10.8 Å². The lowest BCUT2D eigenvalue weighted by molar-refractivity contribution is 0.102. The van der Waals surface area contributed by atoms with Crippen molar-refractivity contribution in [1.29, 1.82) is 0 Å². The van der Waals surface area contributed by atoms with Crippen LogP contribution >= 0.6 is 0 Å². The summed E-state index contributed by atoms with van der Waals surface area (Å²) in [6.45, 7) is 7.34. The molecule has 1 saturated heterocycles. The average molecular weight is 418 g/mol. The van der Waals surface area contributed by atoms with E-state index in [0.29, 0.717) is 24.3 Å². The normalized spacial score (nSPS) is 15.8. The van der Waals surface area contributed by atoms with Crippen LogP contribution in [0.5, 0.6) is 5.75 Å². The van der Waals surface area contributed by atoms with Gasteiger partial charge in [0.25, 0.3) is 5.91 Å². The zero-order chi connectivity index (χ0) is 21.0. The molecule has 0 saturated carbocycles. The summed E-state index contributed by atoms with van der Waals surface area (Å²) >= 11 is 0. The number of nitrogens with one attached hydrogen (secondary N) is 1. The molecule has 0 aliphatic carbocycles. The molecule has 0 radical (unpaired) electrons. The summed E-state index contributed by atoms with van der Waals surface area (Å²) in [6, 6.07) is 11.5. The van der Waals surface area contributed by atoms with Crippen molar-refractivity contribution in [2.45, 2.75) is 18.7 Å². The van der Waals surface area contributed by atoms with E-state index in [2.05, 4.69) is 17.1 Å². The quantitative estimate of drug-likeness (QED) is 0.782. The second-order valence-corrected chi connectivity index (χ2v) is 8.94. The van der Waals surface area contributed by atoms with Crippen LogP contribution in [0.25, 0.3) is 0 Å². The molecule has 1 N–H and O–H groups in total. The van der Waals surface area contributed by atoms with E-state index in [9.17, 15) is 13.2 Å². The Balaban J connectivity index is 1.68. The number of anilines is 1. The maximum Gasteiger partial charge on any atom is 0.255 e. The van der Waals surface area contributed by atoms with E-state index >= 15 is 0 Å². The molecule has 0 spiro atoms. The molecule has 3 rings (SSSR count). The van der Waals surface area contributed by atoms with Gasteiger partial charge in [-0.15, -0.1) is 0 Å². The maximum absolute atomic E-state index is 12.8. The van der Waals surface area contributed by atoms with Crippen molar-refractivity contribution >= 4 is 21.6 Å². The predicted molar refractivity (Wildman–Crippen MR) is 113 cm³/mol. The number of likely N-dealkylation sites (N-methyl/N-ethyl adjacent to an activating group) is 1. The summed E-state index contributed by atoms with van der Waals surface area (Å²) < 4.78 is 32.4. The molecule has 8 heteroatoms. The van der Waals surface area contributed by atoms with Crippen LogP contribution in [0, 0.1) is 6.92 Å². The van der Waals surface area contributed by atoms with Gasteiger partial charge in [0, 0.05) is 37.4 Å². The second-order valence-electron chi connectivity index (χ2n) is 7.00. The van der Waals surface area contributed by atoms with Gasteiger partial charge in [-0.05, 0) is 61.5 Å². The van der Waals surface area contributed by atoms with Gasteiger partial charge in [0.1, 0.15) is 5.75 Å². The Morgan fingerprint density at radius 2 is 1.72 bits per heavy atom. The van der Waals surface area contributed by atoms with E-state index in [1.165, 1.54) is 16.4 Å². The molecule has 1 amide bonds. The largest absolute Gasteiger partial charge is 0.496 e. The fraction of sp³-hybridized carbons (Fsp3) is 0.381. The summed E-state index contributed by atoms with van der Waals surface area (Å²) in [5, 5.41) is 2.80. The highest BCUT2D eigenvalue weighted by atomic mass is 32.2. The number of aryl methyl sites for hydroxylation is 1. The van der Waals surface area contributed by atoms with Gasteiger partial charge in [-0.2, -0.15) is 4.31 Å². The molecular weight excluding hydrogens is 390 g/mol. The van der Waals surface area contributed by atoms with Gasteiger partial charge < -0.3 is 15.0 Å². The van der Waals surface area contributed by atoms with Crippen LogP contribution < -0.4 is 10.1 Å². The van der Waals surface area contributed by atoms with E-state index in [0.717, 1.165) is 30.9 Å². The van der Waals surface area contributed by atoms with Crippen molar-refractivity contribution < 1.29 is 17.9 Å². The number of carbonyl (C=O) groups is 1. The minimum Gasteiger partial charge on any atom is -0.496 e. The highest BCUT2D eigenvalue weighted by Gasteiger charge is 2.27. The van der Waals surface area contributed by atoms with E-state index in [4.69, 9.17) is 4.74 Å². The van der Waals surface area contributed by atoms with Gasteiger partial charge in [0.15, 0.2) is 0 Å². The van der Waals surface area contributed by atoms with Gasteiger partial charge in [-0.3, -0.25) is 4.79 Å². The minimum atomic E-state index is -3.52. The molecule has 1 aliphatic heterocycles. The van der Waals surface area contributed by atoms with Crippen LogP contribution in [0.4, 0.5) is 5.69 Å². The third-order valence-corrected chi connectivity index (χ3v) is 7.10. The fourth-order valence-electron chi connectivity index (χ4n) is 3.37. The number of ether oxygens (including phenoxy) is 1. The zero-order valence-corrected chi connectivity index (χ0v) is 17.8. The highest BCUT2D eigenvalue weighted by molar-refractivity contribution is 7.89. The van der Waals surface area contributed by atoms with Crippen LogP contribution in [0.3, 0.4) is 0 Å². The number of hydrogen-bond acceptors (Lipinski definition) is 5. The Morgan fingerprint density at radius 1 is 1.07 bits per heavy atom. The molecule has 2 aromatic rings. The van der Waals surface area contributed by atoms with E-state index < -0.39 is 10.0 Å². The number of sulfonamides is 1. The topological polar surface area (TPSA) is 79.0 Å². The number of hydrogen-bond donors (Lipinski definition) is 1. The number of nitrogens with zero attached hydrogens (tertiary/aromatic N) is 2. The van der Waals surface area contributed by atoms with Crippen LogP contribution in [0.1, 0.15) is 22.8 Å². The van der Waals surface area contributed by atoms with Crippen molar-refractivity contribution in [3.63, 3.8) is 0 Å². The SMILES string of the molecule is CCN1CCN(S(=O)(=O)c2ccc(NC(=O)c3ccc(OC)c(C)c3)cc2)CC1. The number of piperazine rings is 1. The lowest BCUT2D eigenvalue weighted by Crippen LogP contribution is -2.48. The second kappa shape index (κ2) is 8.94. The highest BCUT2D eigenvalue weighted by Crippen LogP contribution is 2.22. The maximum atomic E-state index is 12.8. The summed E-state index contributed by atoms with van der Waals surface area (Å²) in [5.74, 6) is 0.456. The molecule has 1 aliphatic rings. The first-order valence-electron chi connectivity index (χ1n) is 9.63. The van der Waals surface area contributed by atoms with Crippen LogP contribution in [-0.4, -0.2) is 63.4 Å². The first-order valence-corrected chi connectivity index (χ1v) is 11.1. The Bertz CT molecular complexity index is 966. The Kier molecular flexibility index (Phi) is 6.56. The fourth-order valence-corrected chi connectivity index (χ4v) is 4.79. The van der Waals surface area contributed by atoms with Gasteiger partial charge in [0.05, 0.1) is 12.0 Å². The molecule has 29 heavy (non-hydrogen) atoms. The molecule has 156 valence electrons. The third kappa shape index (κ3) is 4.77. The van der Waals surface area contributed by atoms with Crippen LogP contribution in [-0.2, 0) is 10.0 Å². The summed E-state index contributed by atoms with van der Waals surface area (Å²) in [6.07, 6.45) is 0.